The lowest BCUT2D eigenvalue weighted by atomic mass is 10.2. The van der Waals surface area contributed by atoms with E-state index in [4.69, 9.17) is 5.73 Å². The molecular weight excluding hydrogens is 182 g/mol. The topological polar surface area (TPSA) is 43.1 Å². The molecule has 0 radical (unpaired) electrons. The summed E-state index contributed by atoms with van der Waals surface area (Å²) in [6, 6.07) is 7.53. The van der Waals surface area contributed by atoms with Crippen molar-refractivity contribution in [1.82, 2.24) is 0 Å². The van der Waals surface area contributed by atoms with Crippen LogP contribution in [0, 0.1) is 0 Å². The first-order valence-corrected chi connectivity index (χ1v) is 5.69. The van der Waals surface area contributed by atoms with E-state index in [0.29, 0.717) is 5.75 Å². The molecule has 1 unspecified atom stereocenters. The van der Waals surface area contributed by atoms with Crippen molar-refractivity contribution in [3.8, 4) is 0 Å². The summed E-state index contributed by atoms with van der Waals surface area (Å²) in [6.07, 6.45) is 0. The molecule has 0 bridgehead atoms. The Morgan fingerprint density at radius 1 is 1.31 bits per heavy atom. The van der Waals surface area contributed by atoms with E-state index >= 15 is 0 Å². The van der Waals surface area contributed by atoms with Crippen molar-refractivity contribution in [2.24, 2.45) is 0 Å². The minimum atomic E-state index is -0.770. The third-order valence-electron chi connectivity index (χ3n) is 1.81. The van der Waals surface area contributed by atoms with Crippen molar-refractivity contribution in [3.63, 3.8) is 0 Å². The summed E-state index contributed by atoms with van der Waals surface area (Å²) < 4.78 is 11.5. The molecule has 0 fully saturated rings. The van der Waals surface area contributed by atoms with E-state index in [1.807, 2.05) is 38.1 Å². The molecular formula is C10H15NOS. The van der Waals surface area contributed by atoms with Crippen LogP contribution in [0.25, 0.3) is 0 Å². The van der Waals surface area contributed by atoms with Crippen LogP contribution < -0.4 is 5.73 Å². The Morgan fingerprint density at radius 2 is 1.85 bits per heavy atom. The predicted octanol–water partition coefficient (Wildman–Crippen LogP) is 1.93. The van der Waals surface area contributed by atoms with Crippen molar-refractivity contribution in [2.45, 2.75) is 24.9 Å². The van der Waals surface area contributed by atoms with Crippen LogP contribution in [0.2, 0.25) is 0 Å². The van der Waals surface area contributed by atoms with Gasteiger partial charge in [0.2, 0.25) is 0 Å². The molecule has 0 aliphatic carbocycles. The van der Waals surface area contributed by atoms with Gasteiger partial charge in [-0.1, -0.05) is 26.0 Å². The summed E-state index contributed by atoms with van der Waals surface area (Å²) in [4.78, 5) is 0. The first-order valence-electron chi connectivity index (χ1n) is 4.31. The average Bonchev–Trinajstić information content (AvgIpc) is 2.08. The van der Waals surface area contributed by atoms with E-state index in [-0.39, 0.29) is 5.25 Å². The normalized spacial score (nSPS) is 13.2. The fourth-order valence-electron chi connectivity index (χ4n) is 0.945. The third-order valence-corrected chi connectivity index (χ3v) is 3.48. The van der Waals surface area contributed by atoms with Crippen molar-refractivity contribution in [1.29, 1.82) is 0 Å². The van der Waals surface area contributed by atoms with Gasteiger partial charge in [0, 0.05) is 27.5 Å². The second-order valence-electron chi connectivity index (χ2n) is 3.32. The molecule has 1 atom stereocenters. The van der Waals surface area contributed by atoms with Gasteiger partial charge in [0.25, 0.3) is 0 Å². The van der Waals surface area contributed by atoms with Crippen LogP contribution in [-0.2, 0) is 16.6 Å². The number of rotatable bonds is 3. The van der Waals surface area contributed by atoms with Gasteiger partial charge in [-0.2, -0.15) is 0 Å². The summed E-state index contributed by atoms with van der Waals surface area (Å²) in [6.45, 7) is 3.93. The minimum Gasteiger partial charge on any atom is -0.399 e. The summed E-state index contributed by atoms with van der Waals surface area (Å²) in [5.41, 5.74) is 7.38. The molecule has 0 heterocycles. The monoisotopic (exact) mass is 197 g/mol. The largest absolute Gasteiger partial charge is 0.399 e. The van der Waals surface area contributed by atoms with E-state index < -0.39 is 10.8 Å². The molecule has 0 saturated carbocycles. The molecule has 0 amide bonds. The summed E-state index contributed by atoms with van der Waals surface area (Å²) in [5.74, 6) is 0.623. The maximum absolute atomic E-state index is 11.5. The van der Waals surface area contributed by atoms with Gasteiger partial charge in [-0.3, -0.25) is 4.21 Å². The Labute approximate surface area is 81.6 Å². The molecule has 0 aliphatic heterocycles. The SMILES string of the molecule is CC(C)S(=O)Cc1ccc(N)cc1. The maximum atomic E-state index is 11.5. The lowest BCUT2D eigenvalue weighted by Gasteiger charge is -2.05. The Hall–Kier alpha value is -0.830. The molecule has 2 N–H and O–H groups in total. The number of hydrogen-bond donors (Lipinski definition) is 1. The second-order valence-corrected chi connectivity index (χ2v) is 5.31. The Kier molecular flexibility index (Phi) is 3.48. The van der Waals surface area contributed by atoms with Gasteiger partial charge in [-0.05, 0) is 17.7 Å². The lowest BCUT2D eigenvalue weighted by Crippen LogP contribution is -2.07. The Balaban J connectivity index is 2.65. The van der Waals surface area contributed by atoms with Crippen LogP contribution in [0.3, 0.4) is 0 Å². The number of anilines is 1. The molecule has 2 nitrogen and oxygen atoms in total. The first-order chi connectivity index (χ1) is 6.09. The highest BCUT2D eigenvalue weighted by Crippen LogP contribution is 2.09. The van der Waals surface area contributed by atoms with E-state index in [9.17, 15) is 4.21 Å². The lowest BCUT2D eigenvalue weighted by molar-refractivity contribution is 0.676. The zero-order valence-corrected chi connectivity index (χ0v) is 8.80. The minimum absolute atomic E-state index is 0.220. The first kappa shape index (κ1) is 10.3. The fraction of sp³-hybridized carbons (Fsp3) is 0.400. The van der Waals surface area contributed by atoms with Crippen LogP contribution >= 0.6 is 0 Å². The standard InChI is InChI=1S/C10H15NOS/c1-8(2)13(12)7-9-3-5-10(11)6-4-9/h3-6,8H,7,11H2,1-2H3. The predicted molar refractivity (Wildman–Crippen MR) is 57.8 cm³/mol. The fourth-order valence-corrected chi connectivity index (χ4v) is 1.80. The molecule has 1 aromatic rings. The van der Waals surface area contributed by atoms with Gasteiger partial charge in [0.05, 0.1) is 0 Å². The Morgan fingerprint density at radius 3 is 2.31 bits per heavy atom. The molecule has 0 spiro atoms. The molecule has 3 heteroatoms. The van der Waals surface area contributed by atoms with E-state index in [0.717, 1.165) is 11.3 Å². The number of nitrogens with two attached hydrogens (primary N) is 1. The molecule has 1 aromatic carbocycles. The highest BCUT2D eigenvalue weighted by molar-refractivity contribution is 7.84. The molecule has 72 valence electrons. The zero-order chi connectivity index (χ0) is 9.84. The van der Waals surface area contributed by atoms with Gasteiger partial charge in [0.1, 0.15) is 0 Å². The van der Waals surface area contributed by atoms with Crippen molar-refractivity contribution >= 4 is 16.5 Å². The zero-order valence-electron chi connectivity index (χ0n) is 7.99. The molecule has 0 aromatic heterocycles. The maximum Gasteiger partial charge on any atom is 0.0488 e. The van der Waals surface area contributed by atoms with E-state index in [1.165, 1.54) is 0 Å². The van der Waals surface area contributed by atoms with Crippen LogP contribution in [0.1, 0.15) is 19.4 Å². The number of hydrogen-bond acceptors (Lipinski definition) is 2. The van der Waals surface area contributed by atoms with E-state index in [2.05, 4.69) is 0 Å². The van der Waals surface area contributed by atoms with Crippen molar-refractivity contribution in [2.75, 3.05) is 5.73 Å². The molecule has 1 rings (SSSR count). The van der Waals surface area contributed by atoms with Gasteiger partial charge in [0.15, 0.2) is 0 Å². The van der Waals surface area contributed by atoms with Gasteiger partial charge in [-0.25, -0.2) is 0 Å². The van der Waals surface area contributed by atoms with Crippen molar-refractivity contribution in [3.05, 3.63) is 29.8 Å². The molecule has 13 heavy (non-hydrogen) atoms. The third kappa shape index (κ3) is 3.19. The highest BCUT2D eigenvalue weighted by atomic mass is 32.2. The summed E-state index contributed by atoms with van der Waals surface area (Å²) in [7, 11) is -0.770. The summed E-state index contributed by atoms with van der Waals surface area (Å²) in [5, 5.41) is 0.220. The molecule has 0 saturated heterocycles. The molecule has 0 aliphatic rings. The second kappa shape index (κ2) is 4.42. The quantitative estimate of drug-likeness (QED) is 0.752. The number of benzene rings is 1. The summed E-state index contributed by atoms with van der Waals surface area (Å²) >= 11 is 0. The van der Waals surface area contributed by atoms with E-state index in [1.54, 1.807) is 0 Å². The Bertz CT molecular complexity index is 292. The van der Waals surface area contributed by atoms with Crippen molar-refractivity contribution < 1.29 is 4.21 Å². The van der Waals surface area contributed by atoms with Gasteiger partial charge >= 0.3 is 0 Å². The highest BCUT2D eigenvalue weighted by Gasteiger charge is 2.05. The van der Waals surface area contributed by atoms with Gasteiger partial charge < -0.3 is 5.73 Å². The smallest absolute Gasteiger partial charge is 0.0488 e. The van der Waals surface area contributed by atoms with Crippen LogP contribution in [0.15, 0.2) is 24.3 Å². The van der Waals surface area contributed by atoms with Crippen LogP contribution in [0.5, 0.6) is 0 Å². The average molecular weight is 197 g/mol. The van der Waals surface area contributed by atoms with Gasteiger partial charge in [-0.15, -0.1) is 0 Å². The van der Waals surface area contributed by atoms with Crippen LogP contribution in [-0.4, -0.2) is 9.46 Å². The van der Waals surface area contributed by atoms with Crippen LogP contribution in [0.4, 0.5) is 5.69 Å². The number of nitrogen functional groups attached to an aromatic ring is 1.